The molecule has 0 saturated heterocycles. The van der Waals surface area contributed by atoms with Crippen molar-refractivity contribution in [3.63, 3.8) is 0 Å². The number of rotatable bonds is 5. The van der Waals surface area contributed by atoms with Crippen LogP contribution in [0.4, 0.5) is 0 Å². The SMILES string of the molecule is CC(C)NC(=O)[C@H](C)Sc1nc(-c2ccco2)nc2ccccc12. The van der Waals surface area contributed by atoms with Gasteiger partial charge in [0.05, 0.1) is 17.0 Å². The van der Waals surface area contributed by atoms with Gasteiger partial charge in [0.15, 0.2) is 11.6 Å². The van der Waals surface area contributed by atoms with Gasteiger partial charge in [-0.3, -0.25) is 4.79 Å². The molecule has 0 aliphatic rings. The number of aromatic nitrogens is 2. The van der Waals surface area contributed by atoms with Crippen molar-refractivity contribution >= 4 is 28.6 Å². The van der Waals surface area contributed by atoms with Gasteiger partial charge in [0.1, 0.15) is 5.03 Å². The molecule has 0 radical (unpaired) electrons. The largest absolute Gasteiger partial charge is 0.461 e. The predicted molar refractivity (Wildman–Crippen MR) is 95.8 cm³/mol. The van der Waals surface area contributed by atoms with Gasteiger partial charge in [-0.25, -0.2) is 9.97 Å². The van der Waals surface area contributed by atoms with Gasteiger partial charge in [0.25, 0.3) is 0 Å². The molecule has 0 saturated carbocycles. The summed E-state index contributed by atoms with van der Waals surface area (Å²) in [6.07, 6.45) is 1.60. The maximum Gasteiger partial charge on any atom is 0.233 e. The second kappa shape index (κ2) is 7.05. The van der Waals surface area contributed by atoms with Crippen molar-refractivity contribution < 1.29 is 9.21 Å². The van der Waals surface area contributed by atoms with Crippen molar-refractivity contribution in [2.24, 2.45) is 0 Å². The van der Waals surface area contributed by atoms with Gasteiger partial charge in [0, 0.05) is 11.4 Å². The first-order chi connectivity index (χ1) is 11.5. The number of thioether (sulfide) groups is 1. The quantitative estimate of drug-likeness (QED) is 0.563. The smallest absolute Gasteiger partial charge is 0.233 e. The minimum absolute atomic E-state index is 0.00255. The van der Waals surface area contributed by atoms with Crippen LogP contribution < -0.4 is 5.32 Å². The van der Waals surface area contributed by atoms with E-state index in [0.29, 0.717) is 11.6 Å². The molecule has 0 spiro atoms. The fraction of sp³-hybridized carbons (Fsp3) is 0.278. The second-order valence-electron chi connectivity index (χ2n) is 5.77. The van der Waals surface area contributed by atoms with Crippen LogP contribution in [0.5, 0.6) is 0 Å². The third-order valence-electron chi connectivity index (χ3n) is 3.40. The summed E-state index contributed by atoms with van der Waals surface area (Å²) >= 11 is 1.43. The summed E-state index contributed by atoms with van der Waals surface area (Å²) in [6.45, 7) is 5.78. The van der Waals surface area contributed by atoms with E-state index >= 15 is 0 Å². The number of nitrogens with zero attached hydrogens (tertiary/aromatic N) is 2. The van der Waals surface area contributed by atoms with Crippen molar-refractivity contribution in [1.29, 1.82) is 0 Å². The number of furan rings is 1. The van der Waals surface area contributed by atoms with E-state index in [2.05, 4.69) is 15.3 Å². The molecule has 24 heavy (non-hydrogen) atoms. The van der Waals surface area contributed by atoms with Gasteiger partial charge in [-0.1, -0.05) is 30.0 Å². The maximum atomic E-state index is 12.2. The molecule has 2 aromatic heterocycles. The molecule has 5 nitrogen and oxygen atoms in total. The molecule has 1 aromatic carbocycles. The molecule has 124 valence electrons. The maximum absolute atomic E-state index is 12.2. The molecule has 0 fully saturated rings. The Morgan fingerprint density at radius 3 is 2.62 bits per heavy atom. The number of benzene rings is 1. The summed E-state index contributed by atoms with van der Waals surface area (Å²) in [5.74, 6) is 1.14. The predicted octanol–water partition coefficient (Wildman–Crippen LogP) is 3.90. The summed E-state index contributed by atoms with van der Waals surface area (Å²) < 4.78 is 5.41. The number of carbonyl (C=O) groups excluding carboxylic acids is 1. The lowest BCUT2D eigenvalue weighted by Crippen LogP contribution is -2.35. The zero-order valence-electron chi connectivity index (χ0n) is 13.8. The first-order valence-corrected chi connectivity index (χ1v) is 8.70. The average Bonchev–Trinajstić information content (AvgIpc) is 3.08. The molecule has 0 bridgehead atoms. The molecule has 6 heteroatoms. The zero-order chi connectivity index (χ0) is 17.1. The van der Waals surface area contributed by atoms with Crippen LogP contribution in [0.1, 0.15) is 20.8 Å². The molecule has 1 amide bonds. The Kier molecular flexibility index (Phi) is 4.85. The highest BCUT2D eigenvalue weighted by Crippen LogP contribution is 2.31. The van der Waals surface area contributed by atoms with Gasteiger partial charge in [-0.2, -0.15) is 0 Å². The summed E-state index contributed by atoms with van der Waals surface area (Å²) in [6, 6.07) is 11.5. The van der Waals surface area contributed by atoms with Crippen molar-refractivity contribution in [3.05, 3.63) is 42.7 Å². The lowest BCUT2D eigenvalue weighted by Gasteiger charge is -2.15. The highest BCUT2D eigenvalue weighted by Gasteiger charge is 2.19. The Morgan fingerprint density at radius 1 is 1.12 bits per heavy atom. The lowest BCUT2D eigenvalue weighted by atomic mass is 10.2. The lowest BCUT2D eigenvalue weighted by molar-refractivity contribution is -0.120. The first-order valence-electron chi connectivity index (χ1n) is 7.82. The van der Waals surface area contributed by atoms with E-state index in [1.54, 1.807) is 12.3 Å². The molecule has 3 aromatic rings. The average molecular weight is 341 g/mol. The molecule has 3 rings (SSSR count). The van der Waals surface area contributed by atoms with E-state index in [4.69, 9.17) is 4.42 Å². The Bertz CT molecular complexity index is 847. The van der Waals surface area contributed by atoms with Crippen LogP contribution in [-0.2, 0) is 4.79 Å². The molecule has 0 aliphatic carbocycles. The van der Waals surface area contributed by atoms with Crippen LogP contribution in [0.25, 0.3) is 22.5 Å². The fourth-order valence-electron chi connectivity index (χ4n) is 2.28. The molecule has 0 unspecified atom stereocenters. The van der Waals surface area contributed by atoms with Crippen LogP contribution in [0.2, 0.25) is 0 Å². The number of hydrogen-bond acceptors (Lipinski definition) is 5. The van der Waals surface area contributed by atoms with Crippen LogP contribution >= 0.6 is 11.8 Å². The monoisotopic (exact) mass is 341 g/mol. The minimum Gasteiger partial charge on any atom is -0.461 e. The van der Waals surface area contributed by atoms with Gasteiger partial charge < -0.3 is 9.73 Å². The third kappa shape index (κ3) is 3.59. The summed E-state index contributed by atoms with van der Waals surface area (Å²) in [7, 11) is 0. The van der Waals surface area contributed by atoms with Crippen molar-refractivity contribution in [2.45, 2.75) is 37.1 Å². The van der Waals surface area contributed by atoms with Gasteiger partial charge >= 0.3 is 0 Å². The van der Waals surface area contributed by atoms with E-state index < -0.39 is 0 Å². The highest BCUT2D eigenvalue weighted by molar-refractivity contribution is 8.00. The third-order valence-corrected chi connectivity index (χ3v) is 4.50. The fourth-order valence-corrected chi connectivity index (χ4v) is 3.22. The number of para-hydroxylation sites is 1. The number of fused-ring (bicyclic) bond motifs is 1. The standard InChI is InChI=1S/C18H19N3O2S/c1-11(2)19-17(22)12(3)24-18-13-7-4-5-8-14(13)20-16(21-18)15-9-6-10-23-15/h4-12H,1-3H3,(H,19,22)/t12-/m0/s1. The Balaban J connectivity index is 1.98. The Labute approximate surface area is 144 Å². The molecule has 0 aliphatic heterocycles. The Hall–Kier alpha value is -2.34. The normalized spacial score (nSPS) is 12.5. The van der Waals surface area contributed by atoms with Crippen LogP contribution in [-0.4, -0.2) is 27.2 Å². The van der Waals surface area contributed by atoms with E-state index in [1.165, 1.54) is 11.8 Å². The van der Waals surface area contributed by atoms with Crippen LogP contribution in [0.3, 0.4) is 0 Å². The van der Waals surface area contributed by atoms with E-state index in [0.717, 1.165) is 15.9 Å². The molecular formula is C18H19N3O2S. The highest BCUT2D eigenvalue weighted by atomic mass is 32.2. The van der Waals surface area contributed by atoms with E-state index in [9.17, 15) is 4.79 Å². The summed E-state index contributed by atoms with van der Waals surface area (Å²) in [5.41, 5.74) is 0.831. The molecule has 2 heterocycles. The summed E-state index contributed by atoms with van der Waals surface area (Å²) in [5, 5.41) is 4.39. The molecule has 1 N–H and O–H groups in total. The number of hydrogen-bond donors (Lipinski definition) is 1. The van der Waals surface area contributed by atoms with Gasteiger partial charge in [-0.05, 0) is 39.0 Å². The van der Waals surface area contributed by atoms with Gasteiger partial charge in [-0.15, -0.1) is 0 Å². The molecule has 1 atom stereocenters. The zero-order valence-corrected chi connectivity index (χ0v) is 14.6. The van der Waals surface area contributed by atoms with Crippen LogP contribution in [0, 0.1) is 0 Å². The number of carbonyl (C=O) groups is 1. The van der Waals surface area contributed by atoms with Crippen molar-refractivity contribution in [2.75, 3.05) is 0 Å². The molecular weight excluding hydrogens is 322 g/mol. The van der Waals surface area contributed by atoms with Crippen LogP contribution in [0.15, 0.2) is 52.1 Å². The topological polar surface area (TPSA) is 68.0 Å². The number of nitrogens with one attached hydrogen (secondary N) is 1. The summed E-state index contributed by atoms with van der Waals surface area (Å²) in [4.78, 5) is 21.4. The Morgan fingerprint density at radius 2 is 1.92 bits per heavy atom. The van der Waals surface area contributed by atoms with Gasteiger partial charge in [0.2, 0.25) is 5.91 Å². The van der Waals surface area contributed by atoms with Crippen molar-refractivity contribution in [1.82, 2.24) is 15.3 Å². The van der Waals surface area contributed by atoms with E-state index in [1.807, 2.05) is 51.1 Å². The number of amides is 1. The second-order valence-corrected chi connectivity index (χ2v) is 7.10. The van der Waals surface area contributed by atoms with E-state index in [-0.39, 0.29) is 17.2 Å². The minimum atomic E-state index is -0.254. The first kappa shape index (κ1) is 16.5. The van der Waals surface area contributed by atoms with Crippen molar-refractivity contribution in [3.8, 4) is 11.6 Å².